The lowest BCUT2D eigenvalue weighted by atomic mass is 9.93. The minimum absolute atomic E-state index is 0.00526. The number of aliphatic hydroxyl groups excluding tert-OH is 1. The van der Waals surface area contributed by atoms with E-state index in [0.29, 0.717) is 11.5 Å². The normalized spacial score (nSPS) is 17.4. The second-order valence-electron chi connectivity index (χ2n) is 8.45. The maximum Gasteiger partial charge on any atom is 0.295 e. The van der Waals surface area contributed by atoms with Crippen molar-refractivity contribution < 1.29 is 23.8 Å². The van der Waals surface area contributed by atoms with Crippen molar-refractivity contribution >= 4 is 17.4 Å². The van der Waals surface area contributed by atoms with Gasteiger partial charge < -0.3 is 14.7 Å². The Hall–Kier alpha value is -4.00. The molecule has 1 N–H and O–H groups in total. The lowest BCUT2D eigenvalue weighted by molar-refractivity contribution is -0.140. The summed E-state index contributed by atoms with van der Waals surface area (Å²) in [5.74, 6) is -2.20. The van der Waals surface area contributed by atoms with Crippen LogP contribution in [0.25, 0.3) is 5.76 Å². The third-order valence-corrected chi connectivity index (χ3v) is 5.95. The third kappa shape index (κ3) is 4.29. The van der Waals surface area contributed by atoms with E-state index in [2.05, 4.69) is 18.8 Å². The molecule has 1 aliphatic rings. The molecule has 0 bridgehead atoms. The number of methoxy groups -OCH3 is 1. The highest BCUT2D eigenvalue weighted by Gasteiger charge is 2.46. The summed E-state index contributed by atoms with van der Waals surface area (Å²) >= 11 is 0. The van der Waals surface area contributed by atoms with Crippen LogP contribution in [-0.2, 0) is 16.1 Å². The van der Waals surface area contributed by atoms with Gasteiger partial charge in [-0.05, 0) is 46.9 Å². The molecule has 0 saturated carbocycles. The van der Waals surface area contributed by atoms with Crippen molar-refractivity contribution in [3.05, 3.63) is 101 Å². The number of ether oxygens (including phenoxy) is 1. The van der Waals surface area contributed by atoms with Gasteiger partial charge in [-0.15, -0.1) is 0 Å². The lowest BCUT2D eigenvalue weighted by Gasteiger charge is -2.26. The van der Waals surface area contributed by atoms with E-state index in [9.17, 15) is 19.1 Å². The molecule has 0 radical (unpaired) electrons. The number of pyridine rings is 1. The van der Waals surface area contributed by atoms with Gasteiger partial charge in [-0.25, -0.2) is 4.39 Å². The van der Waals surface area contributed by atoms with Crippen molar-refractivity contribution in [2.75, 3.05) is 7.11 Å². The molecule has 34 heavy (non-hydrogen) atoms. The molecule has 1 atom stereocenters. The number of halogens is 1. The van der Waals surface area contributed by atoms with Gasteiger partial charge in [0, 0.05) is 18.9 Å². The number of ketones is 1. The molecule has 0 aliphatic carbocycles. The average molecular weight is 461 g/mol. The maximum absolute atomic E-state index is 14.1. The predicted molar refractivity (Wildman–Crippen MR) is 126 cm³/mol. The van der Waals surface area contributed by atoms with Gasteiger partial charge in [0.05, 0.1) is 24.3 Å². The summed E-state index contributed by atoms with van der Waals surface area (Å²) in [6.45, 7) is 4.26. The van der Waals surface area contributed by atoms with E-state index in [1.165, 1.54) is 24.1 Å². The maximum atomic E-state index is 14.1. The minimum atomic E-state index is -0.866. The highest BCUT2D eigenvalue weighted by atomic mass is 19.1. The van der Waals surface area contributed by atoms with Crippen molar-refractivity contribution in [1.29, 1.82) is 0 Å². The Labute approximate surface area is 197 Å². The Kier molecular flexibility index (Phi) is 6.45. The van der Waals surface area contributed by atoms with Crippen molar-refractivity contribution in [2.45, 2.75) is 32.4 Å². The Morgan fingerprint density at radius 3 is 2.50 bits per heavy atom. The molecular weight excluding hydrogens is 435 g/mol. The van der Waals surface area contributed by atoms with Crippen molar-refractivity contribution in [1.82, 2.24) is 9.88 Å². The molecule has 0 spiro atoms. The number of likely N-dealkylation sites (tertiary alicyclic amines) is 1. The summed E-state index contributed by atoms with van der Waals surface area (Å²) in [6.07, 6.45) is 3.24. The first-order valence-electron chi connectivity index (χ1n) is 10.9. The molecule has 1 aliphatic heterocycles. The van der Waals surface area contributed by atoms with E-state index in [1.54, 1.807) is 24.5 Å². The van der Waals surface area contributed by atoms with Crippen LogP contribution in [0.1, 0.15) is 48.1 Å². The van der Waals surface area contributed by atoms with Gasteiger partial charge in [0.2, 0.25) is 0 Å². The molecule has 6 nitrogen and oxygen atoms in total. The number of aliphatic hydroxyl groups is 1. The number of Topliss-reactive ketones (excluding diaryl/α,β-unsaturated/α-hetero) is 1. The Balaban J connectivity index is 1.90. The summed E-state index contributed by atoms with van der Waals surface area (Å²) in [5.41, 5.74) is 2.38. The highest BCUT2D eigenvalue weighted by molar-refractivity contribution is 6.46. The monoisotopic (exact) mass is 460 g/mol. The van der Waals surface area contributed by atoms with Gasteiger partial charge in [-0.2, -0.15) is 0 Å². The van der Waals surface area contributed by atoms with Crippen LogP contribution in [0.3, 0.4) is 0 Å². The van der Waals surface area contributed by atoms with E-state index < -0.39 is 29.3 Å². The van der Waals surface area contributed by atoms with Crippen LogP contribution in [0.5, 0.6) is 5.75 Å². The average Bonchev–Trinajstić information content (AvgIpc) is 3.09. The molecule has 1 fully saturated rings. The van der Waals surface area contributed by atoms with Crippen LogP contribution in [0.4, 0.5) is 4.39 Å². The Bertz CT molecular complexity index is 1250. The van der Waals surface area contributed by atoms with Crippen LogP contribution < -0.4 is 4.74 Å². The van der Waals surface area contributed by atoms with E-state index in [-0.39, 0.29) is 23.4 Å². The molecule has 2 aromatic carbocycles. The topological polar surface area (TPSA) is 79.7 Å². The van der Waals surface area contributed by atoms with Crippen LogP contribution in [-0.4, -0.2) is 33.8 Å². The molecule has 2 heterocycles. The standard InChI is InChI=1S/C27H25FN2O4/c1-16(2)18-6-8-19(9-7-18)24-23(25(31)21-13-20(28)10-11-22(21)34-3)26(32)27(33)30(24)15-17-5-4-12-29-14-17/h4-14,16,24,31H,15H2,1-3H3/b25-23+. The number of hydrogen-bond donors (Lipinski definition) is 1. The van der Waals surface area contributed by atoms with E-state index >= 15 is 0 Å². The molecular formula is C27H25FN2O4. The first-order chi connectivity index (χ1) is 16.3. The van der Waals surface area contributed by atoms with E-state index in [0.717, 1.165) is 17.2 Å². The number of amides is 1. The SMILES string of the molecule is COc1ccc(F)cc1/C(O)=C1\C(=O)C(=O)N(Cc2cccnc2)C1c1ccc(C(C)C)cc1. The Morgan fingerprint density at radius 2 is 1.88 bits per heavy atom. The first-order valence-corrected chi connectivity index (χ1v) is 10.9. The van der Waals surface area contributed by atoms with Gasteiger partial charge in [0.1, 0.15) is 17.3 Å². The van der Waals surface area contributed by atoms with E-state index in [4.69, 9.17) is 4.74 Å². The zero-order valence-corrected chi connectivity index (χ0v) is 19.2. The van der Waals surface area contributed by atoms with Gasteiger partial charge in [-0.3, -0.25) is 14.6 Å². The summed E-state index contributed by atoms with van der Waals surface area (Å²) in [5, 5.41) is 11.2. The van der Waals surface area contributed by atoms with Crippen molar-refractivity contribution in [3.8, 4) is 5.75 Å². The molecule has 4 rings (SSSR count). The summed E-state index contributed by atoms with van der Waals surface area (Å²) in [6, 6.07) is 13.9. The van der Waals surface area contributed by atoms with Gasteiger partial charge in [0.15, 0.2) is 0 Å². The third-order valence-electron chi connectivity index (χ3n) is 5.95. The molecule has 1 aromatic heterocycles. The Morgan fingerprint density at radius 1 is 1.15 bits per heavy atom. The fourth-order valence-corrected chi connectivity index (χ4v) is 4.15. The smallest absolute Gasteiger partial charge is 0.295 e. The molecule has 174 valence electrons. The number of aromatic nitrogens is 1. The number of nitrogens with zero attached hydrogens (tertiary/aromatic N) is 2. The molecule has 7 heteroatoms. The van der Waals surface area contributed by atoms with Crippen molar-refractivity contribution in [3.63, 3.8) is 0 Å². The van der Waals surface area contributed by atoms with Crippen molar-refractivity contribution in [2.24, 2.45) is 0 Å². The molecule has 3 aromatic rings. The number of hydrogen-bond acceptors (Lipinski definition) is 5. The fraction of sp³-hybridized carbons (Fsp3) is 0.222. The van der Waals surface area contributed by atoms with Gasteiger partial charge in [-0.1, -0.05) is 44.2 Å². The number of carbonyl (C=O) groups excluding carboxylic acids is 2. The van der Waals surface area contributed by atoms with Crippen LogP contribution in [0.15, 0.2) is 72.6 Å². The first kappa shape index (κ1) is 23.2. The second-order valence-corrected chi connectivity index (χ2v) is 8.45. The molecule has 1 saturated heterocycles. The lowest BCUT2D eigenvalue weighted by Crippen LogP contribution is -2.29. The zero-order chi connectivity index (χ0) is 24.4. The largest absolute Gasteiger partial charge is 0.507 e. The van der Waals surface area contributed by atoms with Crippen LogP contribution in [0, 0.1) is 5.82 Å². The van der Waals surface area contributed by atoms with E-state index in [1.807, 2.05) is 24.3 Å². The molecule has 1 amide bonds. The molecule has 1 unspecified atom stereocenters. The predicted octanol–water partition coefficient (Wildman–Crippen LogP) is 4.97. The zero-order valence-electron chi connectivity index (χ0n) is 19.2. The number of carbonyl (C=O) groups is 2. The quantitative estimate of drug-likeness (QED) is 0.319. The highest BCUT2D eigenvalue weighted by Crippen LogP contribution is 2.42. The summed E-state index contributed by atoms with van der Waals surface area (Å²) < 4.78 is 19.3. The minimum Gasteiger partial charge on any atom is -0.507 e. The summed E-state index contributed by atoms with van der Waals surface area (Å²) in [4.78, 5) is 31.8. The van der Waals surface area contributed by atoms with Gasteiger partial charge in [0.25, 0.3) is 11.7 Å². The second kappa shape index (κ2) is 9.47. The van der Waals surface area contributed by atoms with Crippen LogP contribution in [0.2, 0.25) is 0 Å². The fourth-order valence-electron chi connectivity index (χ4n) is 4.15. The number of benzene rings is 2. The number of rotatable bonds is 6. The summed E-state index contributed by atoms with van der Waals surface area (Å²) in [7, 11) is 1.38. The van der Waals surface area contributed by atoms with Gasteiger partial charge >= 0.3 is 0 Å². The van der Waals surface area contributed by atoms with Crippen LogP contribution >= 0.6 is 0 Å².